The molecule has 4 nitrogen and oxygen atoms in total. The molecule has 19 heavy (non-hydrogen) atoms. The van der Waals surface area contributed by atoms with Gasteiger partial charge in [0.15, 0.2) is 0 Å². The predicted molar refractivity (Wildman–Crippen MR) is 76.0 cm³/mol. The number of hydrogen-bond donors (Lipinski definition) is 1. The van der Waals surface area contributed by atoms with Crippen LogP contribution in [0.1, 0.15) is 26.3 Å². The molecule has 2 heterocycles. The predicted octanol–water partition coefficient (Wildman–Crippen LogP) is 1.66. The fraction of sp³-hybridized carbons (Fsp3) is 0.571. The average molecular weight is 280 g/mol. The summed E-state index contributed by atoms with van der Waals surface area (Å²) in [6, 6.07) is 1.68. The second-order valence-electron chi connectivity index (χ2n) is 5.96. The molecule has 0 radical (unpaired) electrons. The molecule has 0 aliphatic carbocycles. The van der Waals surface area contributed by atoms with E-state index in [-0.39, 0.29) is 29.8 Å². The zero-order valence-corrected chi connectivity index (χ0v) is 12.4. The van der Waals surface area contributed by atoms with Gasteiger partial charge in [-0.1, -0.05) is 20.8 Å². The number of thiophene rings is 1. The van der Waals surface area contributed by atoms with Gasteiger partial charge in [0.25, 0.3) is 0 Å². The standard InChI is InChI=1S/C14H20N2O2S/c1-14(2,3)12-13(18)15-8-11(17)16(12)6-4-10-5-7-19-9-10/h5,7,9,12H,4,6,8H2,1-3H3,(H,15,18). The Balaban J connectivity index is 2.13. The van der Waals surface area contributed by atoms with Crippen molar-refractivity contribution in [1.82, 2.24) is 10.2 Å². The van der Waals surface area contributed by atoms with Crippen molar-refractivity contribution in [1.29, 1.82) is 0 Å². The smallest absolute Gasteiger partial charge is 0.243 e. The highest BCUT2D eigenvalue weighted by Gasteiger charge is 2.41. The van der Waals surface area contributed by atoms with Gasteiger partial charge >= 0.3 is 0 Å². The normalized spacial score (nSPS) is 20.6. The highest BCUT2D eigenvalue weighted by molar-refractivity contribution is 7.07. The van der Waals surface area contributed by atoms with Crippen LogP contribution in [-0.2, 0) is 16.0 Å². The van der Waals surface area contributed by atoms with E-state index >= 15 is 0 Å². The van der Waals surface area contributed by atoms with Gasteiger partial charge in [-0.15, -0.1) is 0 Å². The number of rotatable bonds is 3. The Kier molecular flexibility index (Phi) is 3.94. The zero-order valence-electron chi connectivity index (χ0n) is 11.6. The lowest BCUT2D eigenvalue weighted by Gasteiger charge is -2.42. The Morgan fingerprint density at radius 2 is 2.16 bits per heavy atom. The summed E-state index contributed by atoms with van der Waals surface area (Å²) in [5.74, 6) is -0.0350. The SMILES string of the molecule is CC(C)(C)C1C(=O)NCC(=O)N1CCc1ccsc1. The molecule has 2 amide bonds. The van der Waals surface area contributed by atoms with E-state index < -0.39 is 0 Å². The summed E-state index contributed by atoms with van der Waals surface area (Å²) in [5, 5.41) is 6.80. The third-order valence-electron chi connectivity index (χ3n) is 3.34. The monoisotopic (exact) mass is 280 g/mol. The van der Waals surface area contributed by atoms with Crippen LogP contribution in [0.25, 0.3) is 0 Å². The van der Waals surface area contributed by atoms with Crippen LogP contribution in [0.2, 0.25) is 0 Å². The van der Waals surface area contributed by atoms with Crippen molar-refractivity contribution in [3.8, 4) is 0 Å². The molecule has 0 aromatic carbocycles. The van der Waals surface area contributed by atoms with Crippen LogP contribution in [0.4, 0.5) is 0 Å². The van der Waals surface area contributed by atoms with Crippen molar-refractivity contribution in [2.75, 3.05) is 13.1 Å². The van der Waals surface area contributed by atoms with Crippen molar-refractivity contribution in [2.45, 2.75) is 33.2 Å². The lowest BCUT2D eigenvalue weighted by atomic mass is 9.83. The van der Waals surface area contributed by atoms with Gasteiger partial charge in [-0.25, -0.2) is 0 Å². The molecule has 1 saturated heterocycles. The molecule has 0 spiro atoms. The summed E-state index contributed by atoms with van der Waals surface area (Å²) in [4.78, 5) is 25.9. The van der Waals surface area contributed by atoms with E-state index in [4.69, 9.17) is 0 Å². The Bertz CT molecular complexity index is 462. The number of carbonyl (C=O) groups excluding carboxylic acids is 2. The number of piperazine rings is 1. The molecule has 1 atom stereocenters. The van der Waals surface area contributed by atoms with Gasteiger partial charge in [0, 0.05) is 6.54 Å². The Hall–Kier alpha value is -1.36. The molecule has 5 heteroatoms. The summed E-state index contributed by atoms with van der Waals surface area (Å²) in [7, 11) is 0. The fourth-order valence-corrected chi connectivity index (χ4v) is 3.15. The molecule has 1 aliphatic heterocycles. The minimum Gasteiger partial charge on any atom is -0.345 e. The Labute approximate surface area is 117 Å². The van der Waals surface area contributed by atoms with Crippen molar-refractivity contribution in [3.63, 3.8) is 0 Å². The van der Waals surface area contributed by atoms with Crippen molar-refractivity contribution < 1.29 is 9.59 Å². The first-order chi connectivity index (χ1) is 8.89. The molecule has 1 aromatic rings. The number of nitrogens with one attached hydrogen (secondary N) is 1. The average Bonchev–Trinajstić information content (AvgIpc) is 2.81. The highest BCUT2D eigenvalue weighted by Crippen LogP contribution is 2.26. The summed E-state index contributed by atoms with van der Waals surface area (Å²) < 4.78 is 0. The quantitative estimate of drug-likeness (QED) is 0.915. The van der Waals surface area contributed by atoms with E-state index in [1.54, 1.807) is 16.2 Å². The van der Waals surface area contributed by atoms with E-state index in [1.807, 2.05) is 26.2 Å². The van der Waals surface area contributed by atoms with Gasteiger partial charge in [-0.2, -0.15) is 11.3 Å². The van der Waals surface area contributed by atoms with Gasteiger partial charge in [-0.3, -0.25) is 9.59 Å². The molecule has 1 N–H and O–H groups in total. The van der Waals surface area contributed by atoms with E-state index in [2.05, 4.69) is 16.8 Å². The maximum absolute atomic E-state index is 12.1. The number of nitrogens with zero attached hydrogens (tertiary/aromatic N) is 1. The zero-order chi connectivity index (χ0) is 14.0. The molecule has 1 unspecified atom stereocenters. The van der Waals surface area contributed by atoms with E-state index in [0.29, 0.717) is 6.54 Å². The second-order valence-corrected chi connectivity index (χ2v) is 6.74. The first-order valence-corrected chi connectivity index (χ1v) is 7.42. The number of amides is 2. The maximum atomic E-state index is 12.1. The summed E-state index contributed by atoms with van der Waals surface area (Å²) in [6.45, 7) is 6.70. The lowest BCUT2D eigenvalue weighted by Crippen LogP contribution is -2.63. The molecular weight excluding hydrogens is 260 g/mol. The molecule has 0 bridgehead atoms. The first kappa shape index (κ1) is 14.1. The summed E-state index contributed by atoms with van der Waals surface area (Å²) in [6.07, 6.45) is 0.801. The van der Waals surface area contributed by atoms with Crippen molar-refractivity contribution >= 4 is 23.2 Å². The van der Waals surface area contributed by atoms with Gasteiger partial charge in [0.1, 0.15) is 6.04 Å². The summed E-state index contributed by atoms with van der Waals surface area (Å²) >= 11 is 1.65. The molecule has 1 aliphatic rings. The van der Waals surface area contributed by atoms with Crippen molar-refractivity contribution in [3.05, 3.63) is 22.4 Å². The molecule has 104 valence electrons. The minimum atomic E-state index is -0.382. The van der Waals surface area contributed by atoms with E-state index in [0.717, 1.165) is 6.42 Å². The first-order valence-electron chi connectivity index (χ1n) is 6.48. The van der Waals surface area contributed by atoms with E-state index in [1.165, 1.54) is 5.56 Å². The van der Waals surface area contributed by atoms with Gasteiger partial charge in [-0.05, 0) is 34.2 Å². The fourth-order valence-electron chi connectivity index (χ4n) is 2.45. The third kappa shape index (κ3) is 3.15. The number of carbonyl (C=O) groups is 2. The second kappa shape index (κ2) is 5.33. The van der Waals surface area contributed by atoms with Crippen LogP contribution >= 0.6 is 11.3 Å². The number of hydrogen-bond acceptors (Lipinski definition) is 3. The molecular formula is C14H20N2O2S. The largest absolute Gasteiger partial charge is 0.345 e. The van der Waals surface area contributed by atoms with Crippen LogP contribution in [0.5, 0.6) is 0 Å². The van der Waals surface area contributed by atoms with Crippen molar-refractivity contribution in [2.24, 2.45) is 5.41 Å². The molecule has 2 rings (SSSR count). The highest BCUT2D eigenvalue weighted by atomic mass is 32.1. The van der Waals surface area contributed by atoms with Gasteiger partial charge in [0.2, 0.25) is 11.8 Å². The van der Waals surface area contributed by atoms with Crippen LogP contribution in [-0.4, -0.2) is 35.8 Å². The Morgan fingerprint density at radius 3 is 2.74 bits per heavy atom. The van der Waals surface area contributed by atoms with Crippen LogP contribution < -0.4 is 5.32 Å². The lowest BCUT2D eigenvalue weighted by molar-refractivity contribution is -0.149. The molecule has 1 aromatic heterocycles. The van der Waals surface area contributed by atoms with Gasteiger partial charge < -0.3 is 10.2 Å². The minimum absolute atomic E-state index is 0.00903. The van der Waals surface area contributed by atoms with Crippen LogP contribution in [0.15, 0.2) is 16.8 Å². The third-order valence-corrected chi connectivity index (χ3v) is 4.07. The van der Waals surface area contributed by atoms with Gasteiger partial charge in [0.05, 0.1) is 6.54 Å². The molecule has 1 fully saturated rings. The topological polar surface area (TPSA) is 49.4 Å². The summed E-state index contributed by atoms with van der Waals surface area (Å²) in [5.41, 5.74) is 0.964. The molecule has 0 saturated carbocycles. The Morgan fingerprint density at radius 1 is 1.42 bits per heavy atom. The van der Waals surface area contributed by atoms with Crippen LogP contribution in [0, 0.1) is 5.41 Å². The maximum Gasteiger partial charge on any atom is 0.243 e. The van der Waals surface area contributed by atoms with E-state index in [9.17, 15) is 9.59 Å². The van der Waals surface area contributed by atoms with Crippen LogP contribution in [0.3, 0.4) is 0 Å².